The van der Waals surface area contributed by atoms with Crippen molar-refractivity contribution in [1.82, 2.24) is 14.8 Å². The summed E-state index contributed by atoms with van der Waals surface area (Å²) in [6.45, 7) is 0. The predicted octanol–water partition coefficient (Wildman–Crippen LogP) is 4.52. The van der Waals surface area contributed by atoms with E-state index in [1.807, 2.05) is 84.9 Å². The lowest BCUT2D eigenvalue weighted by Crippen LogP contribution is -2.20. The second-order valence-corrected chi connectivity index (χ2v) is 7.70. The molecule has 1 aliphatic heterocycles. The van der Waals surface area contributed by atoms with Gasteiger partial charge in [0.15, 0.2) is 0 Å². The number of benzene rings is 3. The summed E-state index contributed by atoms with van der Waals surface area (Å²) in [5, 5.41) is 10.8. The number of carbonyl (C=O) groups is 1. The summed E-state index contributed by atoms with van der Waals surface area (Å²) >= 11 is 0. The molecule has 7 heteroatoms. The van der Waals surface area contributed by atoms with Crippen LogP contribution in [0.2, 0.25) is 0 Å². The number of aromatic nitrogens is 3. The molecule has 1 aromatic heterocycles. The van der Waals surface area contributed by atoms with Crippen LogP contribution in [0.1, 0.15) is 22.7 Å². The Morgan fingerprint density at radius 1 is 1.00 bits per heavy atom. The van der Waals surface area contributed by atoms with Gasteiger partial charge >= 0.3 is 0 Å². The van der Waals surface area contributed by atoms with Crippen LogP contribution >= 0.6 is 0 Å². The van der Waals surface area contributed by atoms with Crippen molar-refractivity contribution in [2.45, 2.75) is 12.5 Å². The quantitative estimate of drug-likeness (QED) is 0.463. The molecule has 7 nitrogen and oxygen atoms in total. The fraction of sp³-hybridized carbons (Fsp3) is 0.115. The molecule has 1 aliphatic rings. The van der Waals surface area contributed by atoms with E-state index in [9.17, 15) is 4.79 Å². The number of rotatable bonds is 6. The number of ether oxygens (including phenoxy) is 1. The largest absolute Gasteiger partial charge is 0.497 e. The highest BCUT2D eigenvalue weighted by Crippen LogP contribution is 2.33. The van der Waals surface area contributed by atoms with Gasteiger partial charge in [0.25, 0.3) is 5.95 Å². The molecule has 33 heavy (non-hydrogen) atoms. The summed E-state index contributed by atoms with van der Waals surface area (Å²) < 4.78 is 7.09. The maximum atomic E-state index is 12.6. The smallest absolute Gasteiger partial charge is 0.250 e. The van der Waals surface area contributed by atoms with Crippen LogP contribution in [0, 0.1) is 0 Å². The van der Waals surface area contributed by atoms with Crippen molar-refractivity contribution >= 4 is 23.5 Å². The first-order valence-corrected chi connectivity index (χ1v) is 10.7. The fourth-order valence-corrected chi connectivity index (χ4v) is 3.82. The van der Waals surface area contributed by atoms with Crippen LogP contribution in [0.3, 0.4) is 0 Å². The number of hydrogen-bond donors (Lipinski definition) is 2. The number of nitrogens with one attached hydrogen (secondary N) is 2. The van der Waals surface area contributed by atoms with E-state index in [2.05, 4.69) is 26.8 Å². The molecule has 2 N–H and O–H groups in total. The molecular formula is C26H23N5O2. The van der Waals surface area contributed by atoms with E-state index in [-0.39, 0.29) is 24.3 Å². The molecule has 0 radical (unpaired) electrons. The Kier molecular flexibility index (Phi) is 5.59. The molecule has 0 saturated carbocycles. The van der Waals surface area contributed by atoms with Gasteiger partial charge in [0.1, 0.15) is 11.8 Å². The monoisotopic (exact) mass is 437 g/mol. The summed E-state index contributed by atoms with van der Waals surface area (Å²) in [6.07, 6.45) is 2.36. The van der Waals surface area contributed by atoms with Crippen LogP contribution in [0.15, 0.2) is 91.0 Å². The molecule has 0 saturated heterocycles. The highest BCUT2D eigenvalue weighted by molar-refractivity contribution is 5.91. The van der Waals surface area contributed by atoms with Gasteiger partial charge in [-0.15, -0.1) is 5.10 Å². The minimum Gasteiger partial charge on any atom is -0.497 e. The second-order valence-electron chi connectivity index (χ2n) is 7.70. The average molecular weight is 438 g/mol. The van der Waals surface area contributed by atoms with Crippen molar-refractivity contribution in [1.29, 1.82) is 0 Å². The Bertz CT molecular complexity index is 1280. The fourth-order valence-electron chi connectivity index (χ4n) is 3.82. The van der Waals surface area contributed by atoms with Gasteiger partial charge in [-0.3, -0.25) is 10.1 Å². The molecule has 4 aromatic rings. The van der Waals surface area contributed by atoms with Crippen molar-refractivity contribution in [2.75, 3.05) is 17.7 Å². The molecule has 1 atom stereocenters. The van der Waals surface area contributed by atoms with Crippen LogP contribution in [0.4, 0.5) is 11.9 Å². The Morgan fingerprint density at radius 2 is 1.70 bits per heavy atom. The van der Waals surface area contributed by atoms with Crippen LogP contribution < -0.4 is 15.4 Å². The topological polar surface area (TPSA) is 81.1 Å². The van der Waals surface area contributed by atoms with E-state index in [1.54, 1.807) is 11.8 Å². The average Bonchev–Trinajstić information content (AvgIpc) is 3.26. The van der Waals surface area contributed by atoms with Gasteiger partial charge in [-0.25, -0.2) is 4.68 Å². The van der Waals surface area contributed by atoms with Gasteiger partial charge in [-0.1, -0.05) is 72.8 Å². The zero-order valence-corrected chi connectivity index (χ0v) is 18.1. The van der Waals surface area contributed by atoms with Crippen LogP contribution in [0.25, 0.3) is 5.70 Å². The van der Waals surface area contributed by atoms with Crippen molar-refractivity contribution in [2.24, 2.45) is 0 Å². The Hall–Kier alpha value is -4.39. The van der Waals surface area contributed by atoms with Gasteiger partial charge in [0.05, 0.1) is 13.5 Å². The highest BCUT2D eigenvalue weighted by Gasteiger charge is 2.26. The second kappa shape index (κ2) is 9.00. The third-order valence-electron chi connectivity index (χ3n) is 5.47. The normalized spacial score (nSPS) is 14.6. The lowest BCUT2D eigenvalue weighted by atomic mass is 10.0. The zero-order valence-electron chi connectivity index (χ0n) is 18.1. The van der Waals surface area contributed by atoms with E-state index in [1.165, 1.54) is 0 Å². The van der Waals surface area contributed by atoms with E-state index in [4.69, 9.17) is 4.74 Å². The first-order chi connectivity index (χ1) is 16.2. The maximum absolute atomic E-state index is 12.6. The predicted molar refractivity (Wildman–Crippen MR) is 128 cm³/mol. The molecule has 0 aliphatic carbocycles. The molecule has 1 amide bonds. The summed E-state index contributed by atoms with van der Waals surface area (Å²) in [7, 11) is 1.65. The van der Waals surface area contributed by atoms with Crippen molar-refractivity contribution in [3.63, 3.8) is 0 Å². The summed E-state index contributed by atoms with van der Waals surface area (Å²) in [5.41, 5.74) is 3.93. The third kappa shape index (κ3) is 4.48. The maximum Gasteiger partial charge on any atom is 0.250 e. The minimum atomic E-state index is -0.199. The lowest BCUT2D eigenvalue weighted by Gasteiger charge is -2.24. The Morgan fingerprint density at radius 3 is 2.39 bits per heavy atom. The van der Waals surface area contributed by atoms with Gasteiger partial charge in [0, 0.05) is 5.70 Å². The minimum absolute atomic E-state index is 0.165. The number of amides is 1. The number of anilines is 2. The van der Waals surface area contributed by atoms with Gasteiger partial charge in [-0.05, 0) is 34.9 Å². The standard InChI is InChI=1S/C26H23N5O2/c1-33-21-14-12-20(13-15-21)23-17-22(19-10-6-3-7-11-19)27-26-29-25(30-31(23)26)28-24(32)16-18-8-4-2-5-9-18/h2-15,17,23H,16H2,1H3,(H2,27,28,29,30,32)/t23-/m1/s1. The van der Waals surface area contributed by atoms with E-state index in [0.717, 1.165) is 28.1 Å². The zero-order chi connectivity index (χ0) is 22.6. The first-order valence-electron chi connectivity index (χ1n) is 10.7. The molecule has 2 heterocycles. The van der Waals surface area contributed by atoms with Crippen LogP contribution in [0.5, 0.6) is 5.75 Å². The molecular weight excluding hydrogens is 414 g/mol. The van der Waals surface area contributed by atoms with Crippen molar-refractivity contribution < 1.29 is 9.53 Å². The van der Waals surface area contributed by atoms with Crippen molar-refractivity contribution in [3.05, 3.63) is 108 Å². The van der Waals surface area contributed by atoms with Crippen LogP contribution in [-0.4, -0.2) is 27.8 Å². The summed E-state index contributed by atoms with van der Waals surface area (Å²) in [6, 6.07) is 27.3. The van der Waals surface area contributed by atoms with E-state index >= 15 is 0 Å². The number of allylic oxidation sites excluding steroid dienone is 1. The number of fused-ring (bicyclic) bond motifs is 1. The Balaban J connectivity index is 1.45. The SMILES string of the molecule is COc1ccc([C@H]2C=C(c3ccccc3)Nc3nc(NC(=O)Cc4ccccc4)nn32)cc1. The number of methoxy groups -OCH3 is 1. The molecule has 5 rings (SSSR count). The van der Waals surface area contributed by atoms with Gasteiger partial charge in [0.2, 0.25) is 11.9 Å². The third-order valence-corrected chi connectivity index (χ3v) is 5.47. The number of carbonyl (C=O) groups excluding carboxylic acids is 1. The molecule has 0 bridgehead atoms. The molecule has 3 aromatic carbocycles. The van der Waals surface area contributed by atoms with Gasteiger partial charge < -0.3 is 10.1 Å². The molecule has 0 spiro atoms. The molecule has 164 valence electrons. The van der Waals surface area contributed by atoms with Gasteiger partial charge in [-0.2, -0.15) is 4.98 Å². The molecule has 0 unspecified atom stereocenters. The highest BCUT2D eigenvalue weighted by atomic mass is 16.5. The summed E-state index contributed by atoms with van der Waals surface area (Å²) in [5.74, 6) is 1.45. The van der Waals surface area contributed by atoms with E-state index in [0.29, 0.717) is 5.95 Å². The summed E-state index contributed by atoms with van der Waals surface area (Å²) in [4.78, 5) is 17.1. The van der Waals surface area contributed by atoms with Crippen LogP contribution in [-0.2, 0) is 11.2 Å². The molecule has 0 fully saturated rings. The first kappa shape index (κ1) is 20.5. The Labute approximate surface area is 191 Å². The van der Waals surface area contributed by atoms with E-state index < -0.39 is 0 Å². The van der Waals surface area contributed by atoms with Crippen molar-refractivity contribution in [3.8, 4) is 5.75 Å². The number of hydrogen-bond acceptors (Lipinski definition) is 5. The number of nitrogens with zero attached hydrogens (tertiary/aromatic N) is 3. The lowest BCUT2D eigenvalue weighted by molar-refractivity contribution is -0.115.